The molecule has 0 fully saturated rings. The van der Waals surface area contributed by atoms with Crippen LogP contribution in [0.2, 0.25) is 5.02 Å². The lowest BCUT2D eigenvalue weighted by molar-refractivity contribution is 0.0931. The van der Waals surface area contributed by atoms with E-state index in [4.69, 9.17) is 11.6 Å². The van der Waals surface area contributed by atoms with E-state index in [0.717, 1.165) is 23.9 Å². The SMILES string of the molecule is CCCC(C)NC(=O)c1c(NC(=O)c2cc(Br)nn2-c2ncccc2Cl)c(C)cc2ccnn12. The van der Waals surface area contributed by atoms with Crippen molar-refractivity contribution in [3.05, 3.63) is 69.3 Å². The van der Waals surface area contributed by atoms with Crippen molar-refractivity contribution in [2.75, 3.05) is 5.32 Å². The molecule has 4 aromatic heterocycles. The maximum absolute atomic E-state index is 13.4. The van der Waals surface area contributed by atoms with Crippen LogP contribution in [0.25, 0.3) is 11.3 Å². The van der Waals surface area contributed by atoms with E-state index in [-0.39, 0.29) is 23.3 Å². The van der Waals surface area contributed by atoms with E-state index in [0.29, 0.717) is 21.1 Å². The van der Waals surface area contributed by atoms with E-state index in [9.17, 15) is 9.59 Å². The Labute approximate surface area is 209 Å². The lowest BCUT2D eigenvalue weighted by Crippen LogP contribution is -2.35. The standard InChI is InChI=1S/C23H23BrClN7O2/c1-4-6-14(3)28-23(34)20-19(13(2)11-15-8-10-27-31(15)20)29-22(33)17-12-18(24)30-32(17)21-16(25)7-5-9-26-21/h5,7-12,14H,4,6H2,1-3H3,(H,28,34)(H,29,33). The Hall–Kier alpha value is -3.24. The normalized spacial score (nSPS) is 12.0. The fourth-order valence-electron chi connectivity index (χ4n) is 3.75. The molecule has 0 aromatic carbocycles. The molecule has 1 unspecified atom stereocenters. The molecule has 11 heteroatoms. The number of rotatable bonds is 7. The van der Waals surface area contributed by atoms with Crippen molar-refractivity contribution < 1.29 is 9.59 Å². The minimum atomic E-state index is -0.481. The molecule has 0 saturated carbocycles. The molecule has 2 N–H and O–H groups in total. The van der Waals surface area contributed by atoms with Gasteiger partial charge in [0.1, 0.15) is 10.3 Å². The van der Waals surface area contributed by atoms with Gasteiger partial charge in [-0.15, -0.1) is 0 Å². The Morgan fingerprint density at radius 3 is 2.74 bits per heavy atom. The topological polar surface area (TPSA) is 106 Å². The number of nitrogens with one attached hydrogen (secondary N) is 2. The number of pyridine rings is 2. The highest BCUT2D eigenvalue weighted by atomic mass is 79.9. The Bertz CT molecular complexity index is 1380. The molecule has 0 spiro atoms. The van der Waals surface area contributed by atoms with Crippen molar-refractivity contribution in [2.45, 2.75) is 39.7 Å². The predicted molar refractivity (Wildman–Crippen MR) is 134 cm³/mol. The van der Waals surface area contributed by atoms with Crippen LogP contribution in [0.5, 0.6) is 0 Å². The molecule has 4 rings (SSSR count). The van der Waals surface area contributed by atoms with Gasteiger partial charge in [-0.2, -0.15) is 10.2 Å². The first kappa shape index (κ1) is 23.9. The molecule has 4 aromatic rings. The third-order valence-electron chi connectivity index (χ3n) is 5.28. The zero-order chi connectivity index (χ0) is 24.4. The second kappa shape index (κ2) is 9.94. The Morgan fingerprint density at radius 1 is 1.21 bits per heavy atom. The van der Waals surface area contributed by atoms with Gasteiger partial charge in [0.05, 0.1) is 22.4 Å². The Morgan fingerprint density at radius 2 is 2.00 bits per heavy atom. The molecule has 176 valence electrons. The molecule has 0 bridgehead atoms. The fraction of sp³-hybridized carbons (Fsp3) is 0.261. The highest BCUT2D eigenvalue weighted by molar-refractivity contribution is 9.10. The van der Waals surface area contributed by atoms with E-state index in [1.807, 2.05) is 19.9 Å². The van der Waals surface area contributed by atoms with Gasteiger partial charge in [0.15, 0.2) is 11.5 Å². The number of carbonyl (C=O) groups is 2. The third kappa shape index (κ3) is 4.69. The summed E-state index contributed by atoms with van der Waals surface area (Å²) < 4.78 is 3.32. The average molecular weight is 545 g/mol. The number of anilines is 1. The first-order valence-corrected chi connectivity index (χ1v) is 11.9. The van der Waals surface area contributed by atoms with E-state index in [1.54, 1.807) is 36.7 Å². The highest BCUT2D eigenvalue weighted by Crippen LogP contribution is 2.26. The molecule has 0 aliphatic heterocycles. The van der Waals surface area contributed by atoms with Gasteiger partial charge in [-0.05, 0) is 66.0 Å². The number of aryl methyl sites for hydroxylation is 1. The highest BCUT2D eigenvalue weighted by Gasteiger charge is 2.25. The van der Waals surface area contributed by atoms with E-state index < -0.39 is 5.91 Å². The molecule has 0 aliphatic carbocycles. The Balaban J connectivity index is 1.76. The van der Waals surface area contributed by atoms with Crippen LogP contribution in [0.1, 0.15) is 53.2 Å². The molecule has 0 aliphatic rings. The predicted octanol–water partition coefficient (Wildman–Crippen LogP) is 4.81. The molecule has 2 amide bonds. The number of amides is 2. The van der Waals surface area contributed by atoms with Crippen molar-refractivity contribution in [3.8, 4) is 5.82 Å². The molecule has 0 saturated heterocycles. The van der Waals surface area contributed by atoms with Crippen LogP contribution in [0.3, 0.4) is 0 Å². The Kier molecular flexibility index (Phi) is 6.99. The van der Waals surface area contributed by atoms with Gasteiger partial charge >= 0.3 is 0 Å². The number of hydrogen-bond donors (Lipinski definition) is 2. The second-order valence-corrected chi connectivity index (χ2v) is 9.13. The van der Waals surface area contributed by atoms with Crippen LogP contribution >= 0.6 is 27.5 Å². The van der Waals surface area contributed by atoms with Gasteiger partial charge in [0, 0.05) is 18.3 Å². The van der Waals surface area contributed by atoms with Crippen LogP contribution in [-0.2, 0) is 0 Å². The third-order valence-corrected chi connectivity index (χ3v) is 5.97. The summed E-state index contributed by atoms with van der Waals surface area (Å²) in [5.41, 5.74) is 2.27. The first-order chi connectivity index (χ1) is 16.3. The summed E-state index contributed by atoms with van der Waals surface area (Å²) in [5.74, 6) is -0.494. The van der Waals surface area contributed by atoms with Gasteiger partial charge in [-0.3, -0.25) is 9.59 Å². The van der Waals surface area contributed by atoms with Gasteiger partial charge in [-0.1, -0.05) is 24.9 Å². The number of nitrogens with zero attached hydrogens (tertiary/aromatic N) is 5. The summed E-state index contributed by atoms with van der Waals surface area (Å²) in [7, 11) is 0. The number of halogens is 2. The number of aromatic nitrogens is 5. The summed E-state index contributed by atoms with van der Waals surface area (Å²) in [4.78, 5) is 31.0. The van der Waals surface area contributed by atoms with Crippen molar-refractivity contribution >= 4 is 50.5 Å². The molecular formula is C23H23BrClN7O2. The van der Waals surface area contributed by atoms with Crippen molar-refractivity contribution in [1.82, 2.24) is 29.7 Å². The lowest BCUT2D eigenvalue weighted by Gasteiger charge is -2.18. The molecular weight excluding hydrogens is 522 g/mol. The van der Waals surface area contributed by atoms with Crippen molar-refractivity contribution in [2.24, 2.45) is 0 Å². The number of carbonyl (C=O) groups excluding carboxylic acids is 2. The zero-order valence-electron chi connectivity index (χ0n) is 18.8. The van der Waals surface area contributed by atoms with Crippen LogP contribution in [0.15, 0.2) is 47.3 Å². The number of fused-ring (bicyclic) bond motifs is 1. The van der Waals surface area contributed by atoms with Crippen molar-refractivity contribution in [3.63, 3.8) is 0 Å². The molecule has 0 radical (unpaired) electrons. The van der Waals surface area contributed by atoms with E-state index in [1.165, 1.54) is 9.20 Å². The fourth-order valence-corrected chi connectivity index (χ4v) is 4.32. The maximum Gasteiger partial charge on any atom is 0.274 e. The minimum absolute atomic E-state index is 0.0316. The monoisotopic (exact) mass is 543 g/mol. The van der Waals surface area contributed by atoms with Gasteiger partial charge in [0.2, 0.25) is 0 Å². The number of hydrogen-bond acceptors (Lipinski definition) is 5. The van der Waals surface area contributed by atoms with E-state index >= 15 is 0 Å². The smallest absolute Gasteiger partial charge is 0.274 e. The summed E-state index contributed by atoms with van der Waals surface area (Å²) >= 11 is 9.61. The van der Waals surface area contributed by atoms with Gasteiger partial charge in [0.25, 0.3) is 11.8 Å². The molecule has 34 heavy (non-hydrogen) atoms. The second-order valence-electron chi connectivity index (χ2n) is 7.91. The van der Waals surface area contributed by atoms with Crippen LogP contribution < -0.4 is 10.6 Å². The maximum atomic E-state index is 13.4. The van der Waals surface area contributed by atoms with Gasteiger partial charge in [-0.25, -0.2) is 14.2 Å². The lowest BCUT2D eigenvalue weighted by atomic mass is 10.1. The average Bonchev–Trinajstić information content (AvgIpc) is 3.40. The molecule has 4 heterocycles. The first-order valence-electron chi connectivity index (χ1n) is 10.8. The molecule has 9 nitrogen and oxygen atoms in total. The van der Waals surface area contributed by atoms with Gasteiger partial charge < -0.3 is 10.6 Å². The van der Waals surface area contributed by atoms with Crippen molar-refractivity contribution in [1.29, 1.82) is 0 Å². The van der Waals surface area contributed by atoms with Crippen LogP contribution in [0.4, 0.5) is 5.69 Å². The van der Waals surface area contributed by atoms with E-state index in [2.05, 4.69) is 48.7 Å². The largest absolute Gasteiger partial charge is 0.348 e. The van der Waals surface area contributed by atoms with Crippen LogP contribution in [-0.4, -0.2) is 42.2 Å². The summed E-state index contributed by atoms with van der Waals surface area (Å²) in [6.45, 7) is 5.84. The summed E-state index contributed by atoms with van der Waals surface area (Å²) in [6.07, 6.45) is 4.95. The zero-order valence-corrected chi connectivity index (χ0v) is 21.2. The summed E-state index contributed by atoms with van der Waals surface area (Å²) in [5, 5.41) is 14.9. The summed E-state index contributed by atoms with van der Waals surface area (Å²) in [6, 6.07) is 8.55. The minimum Gasteiger partial charge on any atom is -0.348 e. The quantitative estimate of drug-likeness (QED) is 0.347. The molecule has 1 atom stereocenters. The van der Waals surface area contributed by atoms with Crippen LogP contribution in [0, 0.1) is 6.92 Å².